The Kier molecular flexibility index (Phi) is 10.6. The Morgan fingerprint density at radius 1 is 0.953 bits per heavy atom. The highest BCUT2D eigenvalue weighted by atomic mass is 32.2. The number of benzene rings is 3. The minimum absolute atomic E-state index is 0.0488. The first-order chi connectivity index (χ1) is 30.8. The van der Waals surface area contributed by atoms with E-state index in [0.29, 0.717) is 29.8 Å². The molecule has 2 saturated heterocycles. The third-order valence-electron chi connectivity index (χ3n) is 12.6. The lowest BCUT2D eigenvalue weighted by Gasteiger charge is -2.40. The standard InChI is InChI=1S/C45H41F3N6O8S2/c1-60-42(56)36-21-52(14-15-54(36)44(57)62-24-33-30-8-4-2-6-28(30)29-7-3-5-9-31(29)33)26-12-13-35(32(18-26)25-10-11-25)50-43-49-20-34(45(46,47)48)39(51-43)37-19-38-40(63-37)41(55)53(27-22-61-23-27)16-17-64(38,58)59/h2-9,12-13,18-20,25,27,33,36H,10-11,14-17,21-24H2,1H3,(H,49,50,51)/t36-/m0/s1. The summed E-state index contributed by atoms with van der Waals surface area (Å²) in [5.74, 6) is -1.74. The molecule has 14 nitrogen and oxygen atoms in total. The van der Waals surface area contributed by atoms with Gasteiger partial charge in [0.2, 0.25) is 5.95 Å². The summed E-state index contributed by atoms with van der Waals surface area (Å²) in [4.78, 5) is 53.1. The van der Waals surface area contributed by atoms with Gasteiger partial charge in [0.15, 0.2) is 15.9 Å². The fourth-order valence-electron chi connectivity index (χ4n) is 8.98. The summed E-state index contributed by atoms with van der Waals surface area (Å²) in [5, 5.41) is 3.10. The smallest absolute Gasteiger partial charge is 0.420 e. The van der Waals surface area contributed by atoms with Crippen LogP contribution in [-0.4, -0.2) is 117 Å². The number of halogens is 3. The molecule has 1 atom stereocenters. The van der Waals surface area contributed by atoms with Gasteiger partial charge in [-0.25, -0.2) is 28.0 Å². The maximum absolute atomic E-state index is 14.5. The van der Waals surface area contributed by atoms with E-state index in [0.717, 1.165) is 52.4 Å². The summed E-state index contributed by atoms with van der Waals surface area (Å²) in [6.07, 6.45) is -3.14. The van der Waals surface area contributed by atoms with Gasteiger partial charge in [-0.1, -0.05) is 48.5 Å². The number of ether oxygens (including phenoxy) is 3. The van der Waals surface area contributed by atoms with Crippen molar-refractivity contribution in [1.82, 2.24) is 19.8 Å². The average molecular weight is 915 g/mol. The molecular weight excluding hydrogens is 874 g/mol. The topological polar surface area (TPSA) is 161 Å². The molecule has 2 aliphatic carbocycles. The molecule has 5 heterocycles. The van der Waals surface area contributed by atoms with Crippen LogP contribution in [0.2, 0.25) is 0 Å². The number of amides is 2. The van der Waals surface area contributed by atoms with Crippen LogP contribution in [0, 0.1) is 0 Å². The second kappa shape index (κ2) is 16.2. The number of aromatic nitrogens is 2. The molecule has 332 valence electrons. The van der Waals surface area contributed by atoms with Crippen molar-refractivity contribution in [3.05, 3.63) is 106 Å². The largest absolute Gasteiger partial charge is 0.467 e. The number of thiophene rings is 1. The third-order valence-corrected chi connectivity index (χ3v) is 15.5. The predicted octanol–water partition coefficient (Wildman–Crippen LogP) is 7.09. The van der Waals surface area contributed by atoms with Gasteiger partial charge >= 0.3 is 18.2 Å². The predicted molar refractivity (Wildman–Crippen MR) is 230 cm³/mol. The van der Waals surface area contributed by atoms with Crippen molar-refractivity contribution in [2.45, 2.75) is 47.8 Å². The lowest BCUT2D eigenvalue weighted by molar-refractivity contribution is -0.146. The molecule has 19 heteroatoms. The highest BCUT2D eigenvalue weighted by molar-refractivity contribution is 7.91. The maximum atomic E-state index is 14.5. The van der Waals surface area contributed by atoms with Crippen molar-refractivity contribution < 1.29 is 50.2 Å². The molecule has 3 aromatic carbocycles. The number of alkyl halides is 3. The van der Waals surface area contributed by atoms with Crippen molar-refractivity contribution in [3.8, 4) is 21.7 Å². The second-order valence-corrected chi connectivity index (χ2v) is 19.5. The molecule has 3 fully saturated rings. The lowest BCUT2D eigenvalue weighted by Crippen LogP contribution is -2.59. The molecule has 0 spiro atoms. The minimum Gasteiger partial charge on any atom is -0.467 e. The van der Waals surface area contributed by atoms with E-state index < -0.39 is 51.3 Å². The zero-order valence-electron chi connectivity index (χ0n) is 34.3. The molecule has 2 aromatic heterocycles. The summed E-state index contributed by atoms with van der Waals surface area (Å²) in [5.41, 5.74) is 4.76. The molecule has 0 unspecified atom stereocenters. The van der Waals surface area contributed by atoms with E-state index in [4.69, 9.17) is 14.2 Å². The fourth-order valence-corrected chi connectivity index (χ4v) is 11.9. The summed E-state index contributed by atoms with van der Waals surface area (Å²) in [6.45, 7) is 1.20. The lowest BCUT2D eigenvalue weighted by atomic mass is 9.98. The molecule has 10 rings (SSSR count). The van der Waals surface area contributed by atoms with Crippen LogP contribution in [0.3, 0.4) is 0 Å². The van der Waals surface area contributed by atoms with E-state index in [1.165, 1.54) is 16.9 Å². The number of methoxy groups -OCH3 is 1. The molecule has 64 heavy (non-hydrogen) atoms. The minimum atomic E-state index is -4.90. The van der Waals surface area contributed by atoms with Crippen LogP contribution < -0.4 is 10.2 Å². The van der Waals surface area contributed by atoms with E-state index >= 15 is 0 Å². The van der Waals surface area contributed by atoms with Crippen LogP contribution in [0.5, 0.6) is 0 Å². The number of carbonyl (C=O) groups excluding carboxylic acids is 3. The van der Waals surface area contributed by atoms with Gasteiger partial charge in [0.05, 0.1) is 47.6 Å². The van der Waals surface area contributed by atoms with E-state index in [2.05, 4.69) is 27.4 Å². The Hall–Kier alpha value is -6.05. The van der Waals surface area contributed by atoms with Crippen molar-refractivity contribution in [2.75, 3.05) is 69.1 Å². The molecule has 2 amide bonds. The monoisotopic (exact) mass is 914 g/mol. The van der Waals surface area contributed by atoms with Crippen LogP contribution in [-0.2, 0) is 35.0 Å². The number of nitrogens with zero attached hydrogens (tertiary/aromatic N) is 5. The number of fused-ring (bicyclic) bond motifs is 4. The molecule has 5 aromatic rings. The quantitative estimate of drug-likeness (QED) is 0.150. The SMILES string of the molecule is COC(=O)[C@@H]1CN(c2ccc(Nc3ncc(C(F)(F)F)c(-c4cc5c(s4)C(=O)N(C4COC4)CCS5(=O)=O)n3)c(C3CC3)c2)CCN1C(=O)OCC1c2ccccc2-c2ccccc21. The molecule has 5 aliphatic rings. The summed E-state index contributed by atoms with van der Waals surface area (Å²) >= 11 is 0.658. The molecule has 3 aliphatic heterocycles. The van der Waals surface area contributed by atoms with Crippen molar-refractivity contribution in [2.24, 2.45) is 0 Å². The summed E-state index contributed by atoms with van der Waals surface area (Å²) in [7, 11) is -2.74. The zero-order valence-corrected chi connectivity index (χ0v) is 36.0. The van der Waals surface area contributed by atoms with Gasteiger partial charge < -0.3 is 29.3 Å². The summed E-state index contributed by atoms with van der Waals surface area (Å²) < 4.78 is 86.4. The molecule has 0 bridgehead atoms. The Labute approximate surface area is 369 Å². The number of rotatable bonds is 9. The van der Waals surface area contributed by atoms with Gasteiger partial charge in [-0.15, -0.1) is 11.3 Å². The van der Waals surface area contributed by atoms with Gasteiger partial charge in [0, 0.05) is 49.7 Å². The van der Waals surface area contributed by atoms with E-state index in [1.54, 1.807) is 6.07 Å². The number of anilines is 3. The third kappa shape index (κ3) is 7.61. The second-order valence-electron chi connectivity index (χ2n) is 16.4. The van der Waals surface area contributed by atoms with Crippen LogP contribution in [0.15, 0.2) is 83.9 Å². The van der Waals surface area contributed by atoms with Crippen LogP contribution in [0.4, 0.5) is 35.3 Å². The van der Waals surface area contributed by atoms with Crippen LogP contribution >= 0.6 is 11.3 Å². The zero-order chi connectivity index (χ0) is 44.5. The van der Waals surface area contributed by atoms with Gasteiger partial charge in [0.25, 0.3) is 5.91 Å². The molecule has 1 N–H and O–H groups in total. The Morgan fingerprint density at radius 2 is 1.67 bits per heavy atom. The first-order valence-corrected chi connectivity index (χ1v) is 23.3. The summed E-state index contributed by atoms with van der Waals surface area (Å²) in [6, 6.07) is 21.4. The Balaban J connectivity index is 0.886. The van der Waals surface area contributed by atoms with Crippen LogP contribution in [0.1, 0.15) is 56.6 Å². The maximum Gasteiger partial charge on any atom is 0.420 e. The van der Waals surface area contributed by atoms with Crippen molar-refractivity contribution >= 4 is 56.5 Å². The van der Waals surface area contributed by atoms with Crippen molar-refractivity contribution in [3.63, 3.8) is 0 Å². The van der Waals surface area contributed by atoms with Crippen molar-refractivity contribution in [1.29, 1.82) is 0 Å². The first kappa shape index (κ1) is 41.9. The number of hydrogen-bond acceptors (Lipinski definition) is 13. The number of carbonyl (C=O) groups is 3. The van der Waals surface area contributed by atoms with Gasteiger partial charge in [-0.05, 0) is 70.8 Å². The number of piperazine rings is 1. The Morgan fingerprint density at radius 3 is 2.33 bits per heavy atom. The van der Waals surface area contributed by atoms with Crippen LogP contribution in [0.25, 0.3) is 21.7 Å². The highest BCUT2D eigenvalue weighted by Crippen LogP contribution is 2.47. The number of sulfone groups is 1. The van der Waals surface area contributed by atoms with Gasteiger partial charge in [-0.3, -0.25) is 9.69 Å². The van der Waals surface area contributed by atoms with E-state index in [9.17, 15) is 36.0 Å². The average Bonchev–Trinajstić information content (AvgIpc) is 3.95. The molecular formula is C45H41F3N6O8S2. The van der Waals surface area contributed by atoms with E-state index in [1.807, 2.05) is 53.4 Å². The number of nitrogens with one attached hydrogen (secondary N) is 1. The first-order valence-electron chi connectivity index (χ1n) is 20.8. The highest BCUT2D eigenvalue weighted by Gasteiger charge is 2.42. The Bertz CT molecular complexity index is 2770. The molecule has 0 radical (unpaired) electrons. The van der Waals surface area contributed by atoms with Gasteiger partial charge in [-0.2, -0.15) is 13.2 Å². The normalized spacial score (nSPS) is 19.6. The van der Waals surface area contributed by atoms with Gasteiger partial charge in [0.1, 0.15) is 17.0 Å². The molecule has 1 saturated carbocycles. The number of esters is 1. The van der Waals surface area contributed by atoms with E-state index in [-0.39, 0.29) is 83.7 Å². The number of hydrogen-bond donors (Lipinski definition) is 1. The fraction of sp³-hybridized carbons (Fsp3) is 0.356.